The van der Waals surface area contributed by atoms with Crippen molar-refractivity contribution in [3.8, 4) is 16.9 Å². The number of hydrogen-bond donors (Lipinski definition) is 1. The van der Waals surface area contributed by atoms with E-state index in [1.807, 2.05) is 6.07 Å². The first-order chi connectivity index (χ1) is 10.1. The van der Waals surface area contributed by atoms with Crippen LogP contribution in [0.2, 0.25) is 0 Å². The minimum absolute atomic E-state index is 0.0337. The number of benzene rings is 1. The predicted octanol–water partition coefficient (Wildman–Crippen LogP) is 2.42. The molecule has 3 rings (SSSR count). The van der Waals surface area contributed by atoms with E-state index >= 15 is 0 Å². The fraction of sp³-hybridized carbons (Fsp3) is 0. The first-order valence-corrected chi connectivity index (χ1v) is 6.15. The monoisotopic (exact) mass is 281 g/mol. The van der Waals surface area contributed by atoms with Crippen LogP contribution >= 0.6 is 0 Å². The second kappa shape index (κ2) is 5.04. The van der Waals surface area contributed by atoms with E-state index in [4.69, 9.17) is 5.73 Å². The van der Waals surface area contributed by atoms with Crippen LogP contribution in [0.25, 0.3) is 16.9 Å². The van der Waals surface area contributed by atoms with E-state index in [-0.39, 0.29) is 5.69 Å². The van der Waals surface area contributed by atoms with Crippen LogP contribution in [0.1, 0.15) is 0 Å². The number of non-ortho nitro benzene ring substituents is 1. The maximum absolute atomic E-state index is 10.6. The average Bonchev–Trinajstić information content (AvgIpc) is 2.90. The van der Waals surface area contributed by atoms with Gasteiger partial charge in [0, 0.05) is 30.1 Å². The van der Waals surface area contributed by atoms with Gasteiger partial charge in [-0.15, -0.1) is 0 Å². The van der Waals surface area contributed by atoms with Gasteiger partial charge in [0.1, 0.15) is 5.69 Å². The molecule has 0 aliphatic carbocycles. The summed E-state index contributed by atoms with van der Waals surface area (Å²) in [5.41, 5.74) is 8.66. The van der Waals surface area contributed by atoms with Crippen LogP contribution in [-0.2, 0) is 0 Å². The van der Waals surface area contributed by atoms with E-state index in [1.54, 1.807) is 41.5 Å². The molecular weight excluding hydrogens is 270 g/mol. The Balaban J connectivity index is 1.99. The minimum Gasteiger partial charge on any atom is -0.396 e. The van der Waals surface area contributed by atoms with Gasteiger partial charge in [-0.05, 0) is 24.3 Å². The average molecular weight is 281 g/mol. The topological polar surface area (TPSA) is 99.9 Å². The van der Waals surface area contributed by atoms with E-state index in [9.17, 15) is 10.1 Å². The molecule has 2 N–H and O–H groups in total. The smallest absolute Gasteiger partial charge is 0.269 e. The maximum Gasteiger partial charge on any atom is 0.269 e. The third kappa shape index (κ3) is 2.44. The van der Waals surface area contributed by atoms with E-state index < -0.39 is 4.92 Å². The first-order valence-electron chi connectivity index (χ1n) is 6.15. The summed E-state index contributed by atoms with van der Waals surface area (Å²) in [7, 11) is 0. The van der Waals surface area contributed by atoms with Crippen LogP contribution in [0.15, 0.2) is 55.0 Å². The van der Waals surface area contributed by atoms with Gasteiger partial charge in [0.25, 0.3) is 5.69 Å². The number of aromatic nitrogens is 3. The van der Waals surface area contributed by atoms with Crippen molar-refractivity contribution >= 4 is 11.4 Å². The van der Waals surface area contributed by atoms with Gasteiger partial charge in [0.15, 0.2) is 0 Å². The second-order valence-electron chi connectivity index (χ2n) is 4.39. The third-order valence-corrected chi connectivity index (χ3v) is 3.00. The quantitative estimate of drug-likeness (QED) is 0.587. The van der Waals surface area contributed by atoms with Crippen molar-refractivity contribution in [2.75, 3.05) is 5.73 Å². The number of nitrogens with zero attached hydrogens (tertiary/aromatic N) is 4. The van der Waals surface area contributed by atoms with E-state index in [2.05, 4.69) is 10.1 Å². The second-order valence-corrected chi connectivity index (χ2v) is 4.39. The van der Waals surface area contributed by atoms with Crippen molar-refractivity contribution in [3.63, 3.8) is 0 Å². The number of nitrogen functional groups attached to an aromatic ring is 1. The Kier molecular flexibility index (Phi) is 3.07. The molecule has 0 atom stereocenters. The molecule has 7 nitrogen and oxygen atoms in total. The summed E-state index contributed by atoms with van der Waals surface area (Å²) in [5.74, 6) is 0. The van der Waals surface area contributed by atoms with Gasteiger partial charge >= 0.3 is 0 Å². The Bertz CT molecular complexity index is 781. The van der Waals surface area contributed by atoms with Crippen molar-refractivity contribution in [1.29, 1.82) is 0 Å². The third-order valence-electron chi connectivity index (χ3n) is 3.00. The molecule has 0 saturated carbocycles. The minimum atomic E-state index is -0.442. The van der Waals surface area contributed by atoms with Gasteiger partial charge in [-0.1, -0.05) is 0 Å². The molecule has 0 spiro atoms. The van der Waals surface area contributed by atoms with Crippen molar-refractivity contribution in [3.05, 3.63) is 65.1 Å². The lowest BCUT2D eigenvalue weighted by atomic mass is 10.2. The maximum atomic E-state index is 10.6. The molecule has 0 fully saturated rings. The fourth-order valence-electron chi connectivity index (χ4n) is 1.97. The molecule has 0 unspecified atom stereocenters. The Labute approximate surface area is 119 Å². The number of anilines is 1. The van der Waals surface area contributed by atoms with Crippen molar-refractivity contribution in [1.82, 2.24) is 14.8 Å². The highest BCUT2D eigenvalue weighted by Crippen LogP contribution is 2.25. The van der Waals surface area contributed by atoms with Crippen molar-refractivity contribution < 1.29 is 4.92 Å². The normalized spacial score (nSPS) is 10.5. The lowest BCUT2D eigenvalue weighted by molar-refractivity contribution is -0.384. The Morgan fingerprint density at radius 3 is 2.57 bits per heavy atom. The first kappa shape index (κ1) is 12.8. The summed E-state index contributed by atoms with van der Waals surface area (Å²) < 4.78 is 1.58. The zero-order valence-corrected chi connectivity index (χ0v) is 10.9. The molecule has 0 saturated heterocycles. The van der Waals surface area contributed by atoms with Crippen LogP contribution < -0.4 is 5.73 Å². The van der Waals surface area contributed by atoms with Crippen LogP contribution in [0.4, 0.5) is 11.4 Å². The fourth-order valence-corrected chi connectivity index (χ4v) is 1.97. The molecule has 104 valence electrons. The van der Waals surface area contributed by atoms with Crippen LogP contribution in [-0.4, -0.2) is 19.7 Å². The standard InChI is InChI=1S/C14H11N5O2/c15-13-9-18(11-3-5-12(6-4-11)19(20)21)17-14(13)10-2-1-7-16-8-10/h1-9H,15H2. The highest BCUT2D eigenvalue weighted by molar-refractivity contribution is 5.71. The van der Waals surface area contributed by atoms with Gasteiger partial charge in [0.05, 0.1) is 22.5 Å². The molecule has 21 heavy (non-hydrogen) atoms. The number of rotatable bonds is 3. The molecule has 7 heteroatoms. The summed E-state index contributed by atoms with van der Waals surface area (Å²) in [6, 6.07) is 9.77. The summed E-state index contributed by atoms with van der Waals surface area (Å²) in [4.78, 5) is 14.2. The van der Waals surface area contributed by atoms with Crippen LogP contribution in [0.3, 0.4) is 0 Å². The molecule has 0 aliphatic heterocycles. The van der Waals surface area contributed by atoms with E-state index in [1.165, 1.54) is 12.1 Å². The molecule has 0 bridgehead atoms. The predicted molar refractivity (Wildman–Crippen MR) is 77.9 cm³/mol. The number of hydrogen-bond acceptors (Lipinski definition) is 5. The zero-order chi connectivity index (χ0) is 14.8. The zero-order valence-electron chi connectivity index (χ0n) is 10.9. The highest BCUT2D eigenvalue weighted by Gasteiger charge is 2.11. The summed E-state index contributed by atoms with van der Waals surface area (Å²) in [5, 5.41) is 15.1. The molecule has 1 aromatic carbocycles. The summed E-state index contributed by atoms with van der Waals surface area (Å²) in [6.45, 7) is 0. The molecule has 0 amide bonds. The number of pyridine rings is 1. The highest BCUT2D eigenvalue weighted by atomic mass is 16.6. The Hall–Kier alpha value is -3.22. The van der Waals surface area contributed by atoms with Gasteiger partial charge < -0.3 is 5.73 Å². The van der Waals surface area contributed by atoms with Gasteiger partial charge in [-0.25, -0.2) is 4.68 Å². The SMILES string of the molecule is Nc1cn(-c2ccc([N+](=O)[O-])cc2)nc1-c1cccnc1. The molecular formula is C14H11N5O2. The largest absolute Gasteiger partial charge is 0.396 e. The Morgan fingerprint density at radius 1 is 1.19 bits per heavy atom. The number of nitro benzene ring substituents is 1. The van der Waals surface area contributed by atoms with Gasteiger partial charge in [-0.2, -0.15) is 5.10 Å². The van der Waals surface area contributed by atoms with Crippen molar-refractivity contribution in [2.24, 2.45) is 0 Å². The van der Waals surface area contributed by atoms with Gasteiger partial charge in [0.2, 0.25) is 0 Å². The molecule has 0 radical (unpaired) electrons. The Morgan fingerprint density at radius 2 is 1.95 bits per heavy atom. The molecule has 2 heterocycles. The van der Waals surface area contributed by atoms with E-state index in [0.29, 0.717) is 17.1 Å². The molecule has 3 aromatic rings. The lowest BCUT2D eigenvalue weighted by Crippen LogP contribution is -1.95. The van der Waals surface area contributed by atoms with Gasteiger partial charge in [-0.3, -0.25) is 15.1 Å². The summed E-state index contributed by atoms with van der Waals surface area (Å²) in [6.07, 6.45) is 5.02. The summed E-state index contributed by atoms with van der Waals surface area (Å²) >= 11 is 0. The molecule has 0 aliphatic rings. The van der Waals surface area contributed by atoms with E-state index in [0.717, 1.165) is 5.56 Å². The number of nitro groups is 1. The van der Waals surface area contributed by atoms with Crippen molar-refractivity contribution in [2.45, 2.75) is 0 Å². The molecule has 2 aromatic heterocycles. The number of nitrogens with two attached hydrogens (primary N) is 1. The van der Waals surface area contributed by atoms with Crippen LogP contribution in [0.5, 0.6) is 0 Å². The lowest BCUT2D eigenvalue weighted by Gasteiger charge is -2.00. The van der Waals surface area contributed by atoms with Crippen LogP contribution in [0, 0.1) is 10.1 Å².